The van der Waals surface area contributed by atoms with Crippen molar-refractivity contribution in [2.75, 3.05) is 23.3 Å². The van der Waals surface area contributed by atoms with Crippen molar-refractivity contribution in [1.29, 1.82) is 0 Å². The molecule has 3 heterocycles. The summed E-state index contributed by atoms with van der Waals surface area (Å²) < 4.78 is 5.57. The minimum absolute atomic E-state index is 0.0503. The van der Waals surface area contributed by atoms with Crippen LogP contribution in [0.1, 0.15) is 30.3 Å². The van der Waals surface area contributed by atoms with Gasteiger partial charge in [-0.15, -0.1) is 0 Å². The number of aromatic nitrogens is 2. The summed E-state index contributed by atoms with van der Waals surface area (Å²) in [6.45, 7) is 4.12. The van der Waals surface area contributed by atoms with E-state index < -0.39 is 5.91 Å². The Bertz CT molecular complexity index is 1040. The van der Waals surface area contributed by atoms with E-state index in [9.17, 15) is 9.59 Å². The van der Waals surface area contributed by atoms with Crippen LogP contribution in [0.5, 0.6) is 0 Å². The molecular weight excluding hydrogens is 344 g/mol. The molecule has 4 rings (SSSR count). The Morgan fingerprint density at radius 1 is 1.19 bits per heavy atom. The summed E-state index contributed by atoms with van der Waals surface area (Å²) in [5.74, 6) is 1.31. The highest BCUT2D eigenvalue weighted by atomic mass is 16.3. The van der Waals surface area contributed by atoms with Crippen LogP contribution in [0.15, 0.2) is 51.9 Å². The Morgan fingerprint density at radius 2 is 1.96 bits per heavy atom. The maximum absolute atomic E-state index is 12.5. The van der Waals surface area contributed by atoms with E-state index in [2.05, 4.69) is 27.1 Å². The Balaban J connectivity index is 1.55. The molecule has 27 heavy (non-hydrogen) atoms. The molecule has 1 saturated heterocycles. The third-order valence-corrected chi connectivity index (χ3v) is 4.86. The summed E-state index contributed by atoms with van der Waals surface area (Å²) in [6.07, 6.45) is 3.67. The van der Waals surface area contributed by atoms with Gasteiger partial charge in [0.15, 0.2) is 11.2 Å². The van der Waals surface area contributed by atoms with Crippen molar-refractivity contribution < 1.29 is 9.21 Å². The zero-order valence-corrected chi connectivity index (χ0v) is 15.0. The number of para-hydroxylation sites is 1. The van der Waals surface area contributed by atoms with Crippen molar-refractivity contribution in [3.8, 4) is 0 Å². The van der Waals surface area contributed by atoms with Crippen LogP contribution in [0.25, 0.3) is 11.0 Å². The zero-order chi connectivity index (χ0) is 18.8. The Hall–Kier alpha value is -3.22. The van der Waals surface area contributed by atoms with Gasteiger partial charge in [-0.3, -0.25) is 9.59 Å². The molecule has 0 bridgehead atoms. The summed E-state index contributed by atoms with van der Waals surface area (Å²) in [7, 11) is 0. The number of rotatable bonds is 3. The van der Waals surface area contributed by atoms with Crippen molar-refractivity contribution in [1.82, 2.24) is 9.97 Å². The molecule has 1 aliphatic heterocycles. The number of amides is 1. The van der Waals surface area contributed by atoms with Crippen LogP contribution in [-0.4, -0.2) is 29.0 Å². The summed E-state index contributed by atoms with van der Waals surface area (Å²) in [4.78, 5) is 35.3. The predicted octanol–water partition coefficient (Wildman–Crippen LogP) is 3.07. The molecule has 0 aliphatic carbocycles. The molecule has 7 heteroatoms. The lowest BCUT2D eigenvalue weighted by atomic mass is 9.99. The predicted molar refractivity (Wildman–Crippen MR) is 103 cm³/mol. The summed E-state index contributed by atoms with van der Waals surface area (Å²) in [5, 5.41) is 3.13. The quantitative estimate of drug-likeness (QED) is 0.768. The summed E-state index contributed by atoms with van der Waals surface area (Å²) in [5.41, 5.74) is 0.119. The van der Waals surface area contributed by atoms with Crippen LogP contribution in [0.3, 0.4) is 0 Å². The maximum Gasteiger partial charge on any atom is 0.292 e. The molecule has 1 fully saturated rings. The number of fused-ring (bicyclic) bond motifs is 1. The van der Waals surface area contributed by atoms with Crippen LogP contribution >= 0.6 is 0 Å². The molecule has 3 aromatic rings. The lowest BCUT2D eigenvalue weighted by Gasteiger charge is -2.31. The van der Waals surface area contributed by atoms with E-state index in [0.29, 0.717) is 16.8 Å². The first kappa shape index (κ1) is 17.2. The maximum atomic E-state index is 12.5. The van der Waals surface area contributed by atoms with Crippen LogP contribution < -0.4 is 15.6 Å². The van der Waals surface area contributed by atoms with E-state index in [1.165, 1.54) is 12.4 Å². The summed E-state index contributed by atoms with van der Waals surface area (Å²) >= 11 is 0. The van der Waals surface area contributed by atoms with Gasteiger partial charge in [0.1, 0.15) is 23.5 Å². The first-order valence-corrected chi connectivity index (χ1v) is 9.01. The van der Waals surface area contributed by atoms with Gasteiger partial charge in [-0.1, -0.05) is 19.1 Å². The fraction of sp³-hybridized carbons (Fsp3) is 0.300. The lowest BCUT2D eigenvalue weighted by Crippen LogP contribution is -2.33. The highest BCUT2D eigenvalue weighted by molar-refractivity contribution is 6.02. The first-order valence-electron chi connectivity index (χ1n) is 9.01. The number of hydrogen-bond donors (Lipinski definition) is 1. The van der Waals surface area contributed by atoms with Gasteiger partial charge in [-0.05, 0) is 30.9 Å². The molecule has 0 radical (unpaired) electrons. The average molecular weight is 364 g/mol. The number of anilines is 2. The van der Waals surface area contributed by atoms with Crippen LogP contribution in [0.4, 0.5) is 11.6 Å². The van der Waals surface area contributed by atoms with Crippen molar-refractivity contribution in [2.24, 2.45) is 5.92 Å². The average Bonchev–Trinajstić information content (AvgIpc) is 2.69. The number of piperidine rings is 1. The topological polar surface area (TPSA) is 88.3 Å². The molecule has 0 unspecified atom stereocenters. The molecule has 0 saturated carbocycles. The fourth-order valence-electron chi connectivity index (χ4n) is 3.22. The number of carbonyl (C=O) groups excluding carboxylic acids is 1. The molecule has 0 atom stereocenters. The van der Waals surface area contributed by atoms with Crippen LogP contribution in [0, 0.1) is 5.92 Å². The molecule has 1 aliphatic rings. The van der Waals surface area contributed by atoms with Crippen LogP contribution in [-0.2, 0) is 0 Å². The van der Waals surface area contributed by atoms with Gasteiger partial charge in [-0.25, -0.2) is 9.97 Å². The van der Waals surface area contributed by atoms with Gasteiger partial charge >= 0.3 is 0 Å². The smallest absolute Gasteiger partial charge is 0.292 e. The Kier molecular flexibility index (Phi) is 4.58. The highest BCUT2D eigenvalue weighted by Crippen LogP contribution is 2.22. The molecule has 7 nitrogen and oxygen atoms in total. The van der Waals surface area contributed by atoms with E-state index in [1.54, 1.807) is 30.3 Å². The van der Waals surface area contributed by atoms with Crippen molar-refractivity contribution >= 4 is 28.5 Å². The molecule has 138 valence electrons. The standard InChI is InChI=1S/C20H20N4O3/c1-13-6-8-24(9-7-13)19-11-18(21-12-22-19)23-20(26)17-10-15(25)14-4-2-3-5-16(14)27-17/h2-5,10-13H,6-9H2,1H3,(H,21,22,23,26). The van der Waals surface area contributed by atoms with Gasteiger partial charge in [-0.2, -0.15) is 0 Å². The van der Waals surface area contributed by atoms with Gasteiger partial charge in [0, 0.05) is 25.2 Å². The second-order valence-corrected chi connectivity index (χ2v) is 6.86. The van der Waals surface area contributed by atoms with Gasteiger partial charge in [0.25, 0.3) is 5.91 Å². The molecule has 2 aromatic heterocycles. The van der Waals surface area contributed by atoms with E-state index in [-0.39, 0.29) is 11.2 Å². The molecule has 1 aromatic carbocycles. The van der Waals surface area contributed by atoms with E-state index in [4.69, 9.17) is 4.42 Å². The lowest BCUT2D eigenvalue weighted by molar-refractivity contribution is 0.0997. The Labute approximate surface area is 156 Å². The number of hydrogen-bond acceptors (Lipinski definition) is 6. The van der Waals surface area contributed by atoms with Crippen LogP contribution in [0.2, 0.25) is 0 Å². The molecular formula is C20H20N4O3. The molecule has 1 amide bonds. The first-order chi connectivity index (χ1) is 13.1. The molecule has 0 spiro atoms. The number of nitrogens with one attached hydrogen (secondary N) is 1. The number of carbonyl (C=O) groups is 1. The molecule has 1 N–H and O–H groups in total. The second-order valence-electron chi connectivity index (χ2n) is 6.86. The van der Waals surface area contributed by atoms with Gasteiger partial charge in [0.2, 0.25) is 0 Å². The summed E-state index contributed by atoms with van der Waals surface area (Å²) in [6, 6.07) is 9.78. The third-order valence-electron chi connectivity index (χ3n) is 4.86. The minimum atomic E-state index is -0.519. The van der Waals surface area contributed by atoms with E-state index in [1.807, 2.05) is 0 Å². The van der Waals surface area contributed by atoms with E-state index in [0.717, 1.165) is 37.7 Å². The van der Waals surface area contributed by atoms with Crippen molar-refractivity contribution in [3.63, 3.8) is 0 Å². The van der Waals surface area contributed by atoms with Gasteiger partial charge < -0.3 is 14.6 Å². The third kappa shape index (κ3) is 3.67. The minimum Gasteiger partial charge on any atom is -0.451 e. The largest absolute Gasteiger partial charge is 0.451 e. The van der Waals surface area contributed by atoms with Crippen molar-refractivity contribution in [2.45, 2.75) is 19.8 Å². The number of nitrogens with zero attached hydrogens (tertiary/aromatic N) is 3. The second kappa shape index (κ2) is 7.19. The normalized spacial score (nSPS) is 15.1. The SMILES string of the molecule is CC1CCN(c2cc(NC(=O)c3cc(=O)c4ccccc4o3)ncn2)CC1. The van der Waals surface area contributed by atoms with Gasteiger partial charge in [0.05, 0.1) is 5.39 Å². The van der Waals surface area contributed by atoms with E-state index >= 15 is 0 Å². The van der Waals surface area contributed by atoms with Crippen molar-refractivity contribution in [3.05, 3.63) is 58.7 Å². The zero-order valence-electron chi connectivity index (χ0n) is 15.0. The Morgan fingerprint density at radius 3 is 2.78 bits per heavy atom. The number of benzene rings is 1. The fourth-order valence-corrected chi connectivity index (χ4v) is 3.22. The highest BCUT2D eigenvalue weighted by Gasteiger charge is 2.18. The monoisotopic (exact) mass is 364 g/mol.